The summed E-state index contributed by atoms with van der Waals surface area (Å²) in [6.07, 6.45) is 9.92. The van der Waals surface area contributed by atoms with E-state index in [4.69, 9.17) is 4.74 Å². The van der Waals surface area contributed by atoms with Crippen LogP contribution in [0.3, 0.4) is 0 Å². The van der Waals surface area contributed by atoms with E-state index in [0.29, 0.717) is 6.61 Å². The van der Waals surface area contributed by atoms with Crippen LogP contribution >= 0.6 is 0 Å². The average Bonchev–Trinajstić information content (AvgIpc) is 2.41. The Hall–Kier alpha value is -1.08. The first kappa shape index (κ1) is 13.4. The lowest BCUT2D eigenvalue weighted by molar-refractivity contribution is 0.185. The van der Waals surface area contributed by atoms with Crippen LogP contribution in [0.4, 0.5) is 0 Å². The molecule has 1 aliphatic carbocycles. The van der Waals surface area contributed by atoms with E-state index in [9.17, 15) is 0 Å². The van der Waals surface area contributed by atoms with Gasteiger partial charge in [0.15, 0.2) is 0 Å². The standard InChI is InChI=1S/C17H24O/c1-3-4-14-5-9-16(10-6-14)17-11-7-15(8-12-17)13-18-2/h3-4,7-8,11-12,14,16H,5-6,9-10,13H2,1-2H3/b4-3-/t14-,16-. The second-order valence-corrected chi connectivity index (χ2v) is 5.31. The van der Waals surface area contributed by atoms with Crippen LogP contribution in [0, 0.1) is 5.92 Å². The summed E-state index contributed by atoms with van der Waals surface area (Å²) in [5, 5.41) is 0. The summed E-state index contributed by atoms with van der Waals surface area (Å²) < 4.78 is 5.15. The fourth-order valence-electron chi connectivity index (χ4n) is 2.97. The predicted molar refractivity (Wildman–Crippen MR) is 76.7 cm³/mol. The first-order valence-corrected chi connectivity index (χ1v) is 7.04. The molecule has 0 heterocycles. The highest BCUT2D eigenvalue weighted by atomic mass is 16.5. The van der Waals surface area contributed by atoms with Gasteiger partial charge in [0.2, 0.25) is 0 Å². The lowest BCUT2D eigenvalue weighted by Crippen LogP contribution is -2.11. The van der Waals surface area contributed by atoms with Crippen molar-refractivity contribution in [2.24, 2.45) is 5.92 Å². The minimum absolute atomic E-state index is 0.717. The van der Waals surface area contributed by atoms with Gasteiger partial charge in [-0.05, 0) is 55.6 Å². The Morgan fingerprint density at radius 1 is 1.11 bits per heavy atom. The molecule has 1 aromatic carbocycles. The van der Waals surface area contributed by atoms with E-state index in [2.05, 4.69) is 43.3 Å². The average molecular weight is 244 g/mol. The van der Waals surface area contributed by atoms with Crippen LogP contribution in [-0.4, -0.2) is 7.11 Å². The lowest BCUT2D eigenvalue weighted by atomic mass is 9.78. The molecular formula is C17H24O. The van der Waals surface area contributed by atoms with Crippen molar-refractivity contribution in [3.63, 3.8) is 0 Å². The number of allylic oxidation sites excluding steroid dienone is 2. The molecule has 0 aromatic heterocycles. The topological polar surface area (TPSA) is 9.23 Å². The van der Waals surface area contributed by atoms with Crippen molar-refractivity contribution in [1.82, 2.24) is 0 Å². The van der Waals surface area contributed by atoms with Crippen LogP contribution in [-0.2, 0) is 11.3 Å². The zero-order valence-corrected chi connectivity index (χ0v) is 11.6. The van der Waals surface area contributed by atoms with Crippen LogP contribution in [0.2, 0.25) is 0 Å². The Bertz CT molecular complexity index is 369. The number of benzene rings is 1. The highest BCUT2D eigenvalue weighted by Gasteiger charge is 2.20. The number of methoxy groups -OCH3 is 1. The van der Waals surface area contributed by atoms with Crippen LogP contribution < -0.4 is 0 Å². The predicted octanol–water partition coefficient (Wildman–Crippen LogP) is 4.68. The van der Waals surface area contributed by atoms with E-state index < -0.39 is 0 Å². The van der Waals surface area contributed by atoms with E-state index >= 15 is 0 Å². The first-order valence-electron chi connectivity index (χ1n) is 7.04. The van der Waals surface area contributed by atoms with E-state index in [1.165, 1.54) is 36.8 Å². The van der Waals surface area contributed by atoms with Crippen molar-refractivity contribution in [3.05, 3.63) is 47.5 Å². The molecule has 1 aliphatic rings. The van der Waals surface area contributed by atoms with Gasteiger partial charge >= 0.3 is 0 Å². The molecule has 1 heteroatoms. The van der Waals surface area contributed by atoms with Gasteiger partial charge in [-0.1, -0.05) is 36.4 Å². The molecule has 0 saturated heterocycles. The van der Waals surface area contributed by atoms with Crippen molar-refractivity contribution in [2.75, 3.05) is 7.11 Å². The van der Waals surface area contributed by atoms with E-state index in [0.717, 1.165) is 11.8 Å². The second-order valence-electron chi connectivity index (χ2n) is 5.31. The van der Waals surface area contributed by atoms with Gasteiger partial charge in [-0.25, -0.2) is 0 Å². The van der Waals surface area contributed by atoms with Crippen molar-refractivity contribution < 1.29 is 4.74 Å². The number of hydrogen-bond donors (Lipinski definition) is 0. The van der Waals surface area contributed by atoms with Gasteiger partial charge in [-0.3, -0.25) is 0 Å². The minimum Gasteiger partial charge on any atom is -0.380 e. The first-order chi connectivity index (χ1) is 8.83. The molecule has 0 atom stereocenters. The summed E-state index contributed by atoms with van der Waals surface area (Å²) in [5.74, 6) is 1.59. The fraction of sp³-hybridized carbons (Fsp3) is 0.529. The molecular weight excluding hydrogens is 220 g/mol. The van der Waals surface area contributed by atoms with Crippen LogP contribution in [0.5, 0.6) is 0 Å². The molecule has 1 fully saturated rings. The Labute approximate surface area is 111 Å². The van der Waals surface area contributed by atoms with E-state index in [1.54, 1.807) is 7.11 Å². The summed E-state index contributed by atoms with van der Waals surface area (Å²) in [5.41, 5.74) is 2.78. The third-order valence-corrected chi connectivity index (χ3v) is 4.00. The summed E-state index contributed by atoms with van der Waals surface area (Å²) >= 11 is 0. The maximum absolute atomic E-state index is 5.15. The van der Waals surface area contributed by atoms with Crippen molar-refractivity contribution in [2.45, 2.75) is 45.1 Å². The molecule has 1 saturated carbocycles. The zero-order valence-electron chi connectivity index (χ0n) is 11.6. The van der Waals surface area contributed by atoms with Gasteiger partial charge < -0.3 is 4.74 Å². The zero-order chi connectivity index (χ0) is 12.8. The maximum Gasteiger partial charge on any atom is 0.0713 e. The van der Waals surface area contributed by atoms with Gasteiger partial charge in [0.05, 0.1) is 6.61 Å². The van der Waals surface area contributed by atoms with Crippen molar-refractivity contribution in [3.8, 4) is 0 Å². The van der Waals surface area contributed by atoms with Crippen molar-refractivity contribution in [1.29, 1.82) is 0 Å². The third kappa shape index (κ3) is 3.46. The summed E-state index contributed by atoms with van der Waals surface area (Å²) in [7, 11) is 1.75. The Kier molecular flexibility index (Phi) is 5.00. The molecule has 0 bridgehead atoms. The summed E-state index contributed by atoms with van der Waals surface area (Å²) in [6, 6.07) is 8.98. The Balaban J connectivity index is 1.92. The summed E-state index contributed by atoms with van der Waals surface area (Å²) in [6.45, 7) is 2.84. The van der Waals surface area contributed by atoms with Gasteiger partial charge in [0, 0.05) is 7.11 Å². The molecule has 1 aromatic rings. The molecule has 98 valence electrons. The highest BCUT2D eigenvalue weighted by molar-refractivity contribution is 5.25. The second kappa shape index (κ2) is 6.75. The normalized spacial score (nSPS) is 24.6. The van der Waals surface area contributed by atoms with Gasteiger partial charge in [-0.15, -0.1) is 0 Å². The minimum atomic E-state index is 0.717. The number of hydrogen-bond acceptors (Lipinski definition) is 1. The molecule has 0 spiro atoms. The lowest BCUT2D eigenvalue weighted by Gasteiger charge is -2.27. The van der Waals surface area contributed by atoms with Crippen LogP contribution in [0.1, 0.15) is 49.7 Å². The summed E-state index contributed by atoms with van der Waals surface area (Å²) in [4.78, 5) is 0. The molecule has 1 nitrogen and oxygen atoms in total. The highest BCUT2D eigenvalue weighted by Crippen LogP contribution is 2.36. The number of rotatable bonds is 4. The molecule has 18 heavy (non-hydrogen) atoms. The SMILES string of the molecule is C/C=C\[C@H]1CC[C@H](c2ccc(COC)cc2)CC1. The maximum atomic E-state index is 5.15. The van der Waals surface area contributed by atoms with E-state index in [-0.39, 0.29) is 0 Å². The molecule has 0 unspecified atom stereocenters. The van der Waals surface area contributed by atoms with Crippen molar-refractivity contribution >= 4 is 0 Å². The fourth-order valence-corrected chi connectivity index (χ4v) is 2.97. The quantitative estimate of drug-likeness (QED) is 0.699. The smallest absolute Gasteiger partial charge is 0.0713 e. The molecule has 0 aliphatic heterocycles. The Morgan fingerprint density at radius 2 is 1.78 bits per heavy atom. The molecule has 0 radical (unpaired) electrons. The van der Waals surface area contributed by atoms with Crippen LogP contribution in [0.15, 0.2) is 36.4 Å². The molecule has 2 rings (SSSR count). The van der Waals surface area contributed by atoms with Gasteiger partial charge in [-0.2, -0.15) is 0 Å². The van der Waals surface area contributed by atoms with Crippen LogP contribution in [0.25, 0.3) is 0 Å². The van der Waals surface area contributed by atoms with Gasteiger partial charge in [0.1, 0.15) is 0 Å². The van der Waals surface area contributed by atoms with Gasteiger partial charge in [0.25, 0.3) is 0 Å². The Morgan fingerprint density at radius 3 is 2.33 bits per heavy atom. The van der Waals surface area contributed by atoms with E-state index in [1.807, 2.05) is 0 Å². The monoisotopic (exact) mass is 244 g/mol. The third-order valence-electron chi connectivity index (χ3n) is 4.00. The largest absolute Gasteiger partial charge is 0.380 e. The molecule has 0 amide bonds. The molecule has 0 N–H and O–H groups in total. The number of ether oxygens (including phenoxy) is 1.